The van der Waals surface area contributed by atoms with Gasteiger partial charge in [-0.25, -0.2) is 4.79 Å². The summed E-state index contributed by atoms with van der Waals surface area (Å²) < 4.78 is 13.6. The van der Waals surface area contributed by atoms with Crippen LogP contribution in [-0.4, -0.2) is 27.2 Å². The van der Waals surface area contributed by atoms with E-state index in [4.69, 9.17) is 9.15 Å². The summed E-state index contributed by atoms with van der Waals surface area (Å²) in [7, 11) is 1.65. The van der Waals surface area contributed by atoms with Gasteiger partial charge in [-0.3, -0.25) is 4.79 Å². The Labute approximate surface area is 183 Å². The zero-order valence-corrected chi connectivity index (χ0v) is 18.4. The van der Waals surface area contributed by atoms with Crippen LogP contribution in [0.5, 0.6) is 5.75 Å². The largest absolute Gasteiger partial charge is 0.497 e. The molecule has 7 nitrogen and oxygen atoms in total. The fourth-order valence-electron chi connectivity index (χ4n) is 3.59. The zero-order chi connectivity index (χ0) is 22.0. The average molecular weight is 438 g/mol. The number of ether oxygens (including phenoxy) is 1. The smallest absolute Gasteiger partial charge is 0.437 e. The van der Waals surface area contributed by atoms with E-state index in [0.717, 1.165) is 39.7 Å². The molecule has 3 heterocycles. The summed E-state index contributed by atoms with van der Waals surface area (Å²) in [6.07, 6.45) is 0.834. The number of benzene rings is 1. The van der Waals surface area contributed by atoms with Crippen molar-refractivity contribution >= 4 is 17.1 Å². The van der Waals surface area contributed by atoms with Gasteiger partial charge in [0, 0.05) is 23.5 Å². The molecule has 0 unspecified atom stereocenters. The van der Waals surface area contributed by atoms with Crippen LogP contribution in [-0.2, 0) is 19.5 Å². The molecule has 160 valence electrons. The first-order valence-electron chi connectivity index (χ1n) is 9.91. The summed E-state index contributed by atoms with van der Waals surface area (Å²) in [5.74, 6) is 0.259. The standard InChI is InChI=1S/C23H23N3O4S/c1-15-13-19(16(2)25(15)11-10-17-6-8-18(29-3)9-7-17)20(27)14-26-23(28)30-22(24-26)21-5-4-12-31-21/h4-9,12-13H,10-11,14H2,1-3H3. The molecule has 4 aromatic rings. The molecule has 0 aliphatic rings. The van der Waals surface area contributed by atoms with E-state index in [9.17, 15) is 9.59 Å². The lowest BCUT2D eigenvalue weighted by atomic mass is 10.1. The lowest BCUT2D eigenvalue weighted by Crippen LogP contribution is -2.22. The van der Waals surface area contributed by atoms with Gasteiger partial charge in [-0.2, -0.15) is 4.68 Å². The average Bonchev–Trinajstić information content (AvgIpc) is 3.48. The predicted octanol–water partition coefficient (Wildman–Crippen LogP) is 4.12. The molecule has 1 aromatic carbocycles. The highest BCUT2D eigenvalue weighted by Crippen LogP contribution is 2.22. The van der Waals surface area contributed by atoms with Crippen molar-refractivity contribution in [3.05, 3.63) is 80.9 Å². The van der Waals surface area contributed by atoms with Crippen LogP contribution >= 0.6 is 11.3 Å². The molecule has 0 saturated carbocycles. The van der Waals surface area contributed by atoms with Crippen molar-refractivity contribution < 1.29 is 13.9 Å². The molecule has 0 saturated heterocycles. The van der Waals surface area contributed by atoms with E-state index in [0.29, 0.717) is 5.56 Å². The summed E-state index contributed by atoms with van der Waals surface area (Å²) in [6.45, 7) is 4.51. The van der Waals surface area contributed by atoms with Crippen molar-refractivity contribution in [2.75, 3.05) is 7.11 Å². The molecular weight excluding hydrogens is 414 g/mol. The SMILES string of the molecule is COc1ccc(CCn2c(C)cc(C(=O)Cn3nc(-c4cccs4)oc3=O)c2C)cc1. The molecule has 0 radical (unpaired) electrons. The molecule has 4 rings (SSSR count). The van der Waals surface area contributed by atoms with Crippen molar-refractivity contribution in [1.29, 1.82) is 0 Å². The van der Waals surface area contributed by atoms with Crippen LogP contribution < -0.4 is 10.5 Å². The summed E-state index contributed by atoms with van der Waals surface area (Å²) in [5.41, 5.74) is 3.67. The Bertz CT molecular complexity index is 1250. The van der Waals surface area contributed by atoms with Crippen LogP contribution in [0.2, 0.25) is 0 Å². The van der Waals surface area contributed by atoms with Gasteiger partial charge in [0.05, 0.1) is 12.0 Å². The molecule has 0 atom stereocenters. The normalized spacial score (nSPS) is 11.1. The quantitative estimate of drug-likeness (QED) is 0.388. The number of aryl methyl sites for hydroxylation is 2. The van der Waals surface area contributed by atoms with E-state index < -0.39 is 5.76 Å². The third-order valence-corrected chi connectivity index (χ3v) is 6.15. The maximum Gasteiger partial charge on any atom is 0.437 e. The Kier molecular flexibility index (Phi) is 5.90. The first kappa shape index (κ1) is 20.9. The number of carbonyl (C=O) groups is 1. The van der Waals surface area contributed by atoms with E-state index in [-0.39, 0.29) is 18.2 Å². The van der Waals surface area contributed by atoms with Crippen molar-refractivity contribution in [1.82, 2.24) is 14.3 Å². The summed E-state index contributed by atoms with van der Waals surface area (Å²) in [5, 5.41) is 6.05. The van der Waals surface area contributed by atoms with Crippen molar-refractivity contribution in [3.63, 3.8) is 0 Å². The lowest BCUT2D eigenvalue weighted by Gasteiger charge is -2.10. The van der Waals surface area contributed by atoms with Gasteiger partial charge in [-0.15, -0.1) is 16.4 Å². The number of ketones is 1. The van der Waals surface area contributed by atoms with E-state index in [1.165, 1.54) is 16.9 Å². The van der Waals surface area contributed by atoms with Crippen LogP contribution in [0, 0.1) is 13.8 Å². The maximum absolute atomic E-state index is 12.9. The third kappa shape index (κ3) is 4.39. The molecule has 0 amide bonds. The summed E-state index contributed by atoms with van der Waals surface area (Å²) in [6, 6.07) is 13.5. The van der Waals surface area contributed by atoms with Gasteiger partial charge >= 0.3 is 5.76 Å². The number of hydrogen-bond donors (Lipinski definition) is 0. The van der Waals surface area contributed by atoms with Gasteiger partial charge in [0.15, 0.2) is 5.78 Å². The fourth-order valence-corrected chi connectivity index (χ4v) is 4.23. The zero-order valence-electron chi connectivity index (χ0n) is 17.6. The third-order valence-electron chi connectivity index (χ3n) is 5.29. The molecule has 0 N–H and O–H groups in total. The monoisotopic (exact) mass is 437 g/mol. The number of thiophene rings is 1. The number of aromatic nitrogens is 3. The number of Topliss-reactive ketones (excluding diaryl/α,β-unsaturated/α-hetero) is 1. The van der Waals surface area contributed by atoms with E-state index in [1.807, 2.05) is 61.7 Å². The number of nitrogens with zero attached hydrogens (tertiary/aromatic N) is 3. The molecule has 0 fully saturated rings. The second kappa shape index (κ2) is 8.77. The van der Waals surface area contributed by atoms with Crippen molar-refractivity contribution in [3.8, 4) is 16.5 Å². The number of carbonyl (C=O) groups excluding carboxylic acids is 1. The fraction of sp³-hybridized carbons (Fsp3) is 0.261. The van der Waals surface area contributed by atoms with Gasteiger partial charge in [0.25, 0.3) is 5.89 Å². The molecule has 31 heavy (non-hydrogen) atoms. The summed E-state index contributed by atoms with van der Waals surface area (Å²) in [4.78, 5) is 25.8. The van der Waals surface area contributed by atoms with Gasteiger partial charge in [0.1, 0.15) is 12.3 Å². The molecular formula is C23H23N3O4S. The molecule has 3 aromatic heterocycles. The first-order valence-corrected chi connectivity index (χ1v) is 10.8. The summed E-state index contributed by atoms with van der Waals surface area (Å²) >= 11 is 1.42. The highest BCUT2D eigenvalue weighted by atomic mass is 32.1. The Morgan fingerprint density at radius 3 is 2.65 bits per heavy atom. The molecule has 0 bridgehead atoms. The van der Waals surface area contributed by atoms with E-state index in [1.54, 1.807) is 7.11 Å². The Hall–Kier alpha value is -3.39. The van der Waals surface area contributed by atoms with E-state index in [2.05, 4.69) is 9.67 Å². The minimum absolute atomic E-state index is 0.156. The Morgan fingerprint density at radius 2 is 1.97 bits per heavy atom. The van der Waals surface area contributed by atoms with E-state index >= 15 is 0 Å². The molecule has 0 spiro atoms. The Balaban J connectivity index is 1.48. The Morgan fingerprint density at radius 1 is 1.19 bits per heavy atom. The molecule has 0 aliphatic carbocycles. The van der Waals surface area contributed by atoms with Crippen LogP contribution in [0.15, 0.2) is 57.1 Å². The topological polar surface area (TPSA) is 79.3 Å². The van der Waals surface area contributed by atoms with Crippen LogP contribution in [0.1, 0.15) is 27.3 Å². The highest BCUT2D eigenvalue weighted by Gasteiger charge is 2.19. The van der Waals surface area contributed by atoms with Gasteiger partial charge in [-0.1, -0.05) is 18.2 Å². The van der Waals surface area contributed by atoms with Gasteiger partial charge in [-0.05, 0) is 55.5 Å². The molecule has 8 heteroatoms. The predicted molar refractivity (Wildman–Crippen MR) is 119 cm³/mol. The highest BCUT2D eigenvalue weighted by molar-refractivity contribution is 7.13. The lowest BCUT2D eigenvalue weighted by molar-refractivity contribution is 0.0964. The van der Waals surface area contributed by atoms with Crippen molar-refractivity contribution in [2.45, 2.75) is 33.4 Å². The van der Waals surface area contributed by atoms with Crippen molar-refractivity contribution in [2.24, 2.45) is 0 Å². The number of methoxy groups -OCH3 is 1. The minimum atomic E-state index is -0.634. The second-order valence-electron chi connectivity index (χ2n) is 7.27. The maximum atomic E-state index is 12.9. The van der Waals surface area contributed by atoms with Crippen LogP contribution in [0.4, 0.5) is 0 Å². The number of hydrogen-bond acceptors (Lipinski definition) is 6. The minimum Gasteiger partial charge on any atom is -0.497 e. The van der Waals surface area contributed by atoms with Gasteiger partial charge in [0.2, 0.25) is 0 Å². The molecule has 0 aliphatic heterocycles. The second-order valence-corrected chi connectivity index (χ2v) is 8.21. The van der Waals surface area contributed by atoms with Gasteiger partial charge < -0.3 is 13.7 Å². The first-order chi connectivity index (χ1) is 15.0. The van der Waals surface area contributed by atoms with Crippen LogP contribution in [0.25, 0.3) is 10.8 Å². The van der Waals surface area contributed by atoms with Crippen LogP contribution in [0.3, 0.4) is 0 Å². The number of rotatable bonds is 8.